The summed E-state index contributed by atoms with van der Waals surface area (Å²) in [6, 6.07) is 10.2. The fourth-order valence-corrected chi connectivity index (χ4v) is 1.24. The van der Waals surface area contributed by atoms with E-state index in [1.807, 2.05) is 49.4 Å². The second-order valence-electron chi connectivity index (χ2n) is 2.98. The van der Waals surface area contributed by atoms with Crippen molar-refractivity contribution < 1.29 is 4.74 Å². The van der Waals surface area contributed by atoms with E-state index in [9.17, 15) is 0 Å². The molecule has 14 heavy (non-hydrogen) atoms. The Morgan fingerprint density at radius 3 is 2.43 bits per heavy atom. The number of hydrogen-bond donors (Lipinski definition) is 0. The van der Waals surface area contributed by atoms with Crippen molar-refractivity contribution in [2.75, 3.05) is 7.11 Å². The van der Waals surface area contributed by atoms with Crippen molar-refractivity contribution in [1.29, 1.82) is 0 Å². The average Bonchev–Trinajstić information content (AvgIpc) is 2.26. The zero-order valence-electron chi connectivity index (χ0n) is 8.68. The Morgan fingerprint density at radius 2 is 1.86 bits per heavy atom. The van der Waals surface area contributed by atoms with Gasteiger partial charge in [-0.05, 0) is 12.5 Å². The first-order chi connectivity index (χ1) is 6.88. The molecule has 0 N–H and O–H groups in total. The topological polar surface area (TPSA) is 9.23 Å². The van der Waals surface area contributed by atoms with Crippen LogP contribution in [0.15, 0.2) is 54.6 Å². The van der Waals surface area contributed by atoms with E-state index in [1.54, 1.807) is 7.11 Å². The highest BCUT2D eigenvalue weighted by Crippen LogP contribution is 2.17. The molecule has 0 spiro atoms. The van der Waals surface area contributed by atoms with Crippen molar-refractivity contribution in [2.24, 2.45) is 0 Å². The number of hydrogen-bond acceptors (Lipinski definition) is 1. The monoisotopic (exact) mass is 188 g/mol. The average molecular weight is 188 g/mol. The molecule has 0 aliphatic heterocycles. The maximum atomic E-state index is 5.36. The van der Waals surface area contributed by atoms with Crippen LogP contribution in [0, 0.1) is 0 Å². The zero-order chi connectivity index (χ0) is 10.2. The van der Waals surface area contributed by atoms with Gasteiger partial charge in [0.15, 0.2) is 0 Å². The molecule has 1 aromatic carbocycles. The van der Waals surface area contributed by atoms with Gasteiger partial charge in [0.25, 0.3) is 0 Å². The van der Waals surface area contributed by atoms with E-state index in [0.717, 1.165) is 0 Å². The molecule has 0 fully saturated rings. The Kier molecular flexibility index (Phi) is 4.73. The highest BCUT2D eigenvalue weighted by Gasteiger charge is 2.03. The third-order valence-corrected chi connectivity index (χ3v) is 1.97. The van der Waals surface area contributed by atoms with Crippen molar-refractivity contribution in [3.05, 3.63) is 60.2 Å². The van der Waals surface area contributed by atoms with Crippen LogP contribution in [0.1, 0.15) is 18.6 Å². The molecule has 0 saturated carbocycles. The molecule has 0 amide bonds. The molecule has 0 aliphatic carbocycles. The van der Waals surface area contributed by atoms with Crippen LogP contribution in [0.4, 0.5) is 0 Å². The highest BCUT2D eigenvalue weighted by molar-refractivity contribution is 5.22. The first-order valence-electron chi connectivity index (χ1n) is 4.75. The summed E-state index contributed by atoms with van der Waals surface area (Å²) in [6.45, 7) is 1.99. The summed E-state index contributed by atoms with van der Waals surface area (Å²) < 4.78 is 5.36. The van der Waals surface area contributed by atoms with Gasteiger partial charge in [-0.2, -0.15) is 0 Å². The quantitative estimate of drug-likeness (QED) is 0.657. The fraction of sp³-hybridized carbons (Fsp3) is 0.231. The molecule has 1 rings (SSSR count). The van der Waals surface area contributed by atoms with Crippen LogP contribution in [0.3, 0.4) is 0 Å². The van der Waals surface area contributed by atoms with Crippen LogP contribution >= 0.6 is 0 Å². The van der Waals surface area contributed by atoms with E-state index in [1.165, 1.54) is 5.56 Å². The van der Waals surface area contributed by atoms with Crippen molar-refractivity contribution in [1.82, 2.24) is 0 Å². The minimum atomic E-state index is 0.0485. The summed E-state index contributed by atoms with van der Waals surface area (Å²) in [5, 5.41) is 0. The van der Waals surface area contributed by atoms with Crippen molar-refractivity contribution in [2.45, 2.75) is 13.0 Å². The van der Waals surface area contributed by atoms with Crippen LogP contribution in [-0.2, 0) is 4.74 Å². The SMILES string of the molecule is C/C=C/C=C/C(OC)c1ccccc1. The Morgan fingerprint density at radius 1 is 1.14 bits per heavy atom. The number of ether oxygens (including phenoxy) is 1. The molecule has 0 saturated heterocycles. The smallest absolute Gasteiger partial charge is 0.101 e. The summed E-state index contributed by atoms with van der Waals surface area (Å²) in [6.07, 6.45) is 8.08. The van der Waals surface area contributed by atoms with Crippen molar-refractivity contribution >= 4 is 0 Å². The summed E-state index contributed by atoms with van der Waals surface area (Å²) in [7, 11) is 1.72. The molecular weight excluding hydrogens is 172 g/mol. The van der Waals surface area contributed by atoms with Crippen LogP contribution < -0.4 is 0 Å². The maximum absolute atomic E-state index is 5.36. The van der Waals surface area contributed by atoms with Gasteiger partial charge in [-0.25, -0.2) is 0 Å². The number of rotatable bonds is 4. The minimum absolute atomic E-state index is 0.0485. The summed E-state index contributed by atoms with van der Waals surface area (Å²) >= 11 is 0. The number of methoxy groups -OCH3 is 1. The molecule has 74 valence electrons. The number of benzene rings is 1. The van der Waals surface area contributed by atoms with E-state index in [0.29, 0.717) is 0 Å². The van der Waals surface area contributed by atoms with Gasteiger partial charge in [0.2, 0.25) is 0 Å². The standard InChI is InChI=1S/C13H16O/c1-3-4-6-11-13(14-2)12-9-7-5-8-10-12/h3-11,13H,1-2H3/b4-3+,11-6+. The van der Waals surface area contributed by atoms with E-state index in [2.05, 4.69) is 12.1 Å². The van der Waals surface area contributed by atoms with E-state index < -0.39 is 0 Å². The maximum Gasteiger partial charge on any atom is 0.101 e. The normalized spacial score (nSPS) is 13.9. The first kappa shape index (κ1) is 10.7. The highest BCUT2D eigenvalue weighted by atomic mass is 16.5. The van der Waals surface area contributed by atoms with E-state index in [4.69, 9.17) is 4.74 Å². The molecule has 0 aromatic heterocycles. The van der Waals surface area contributed by atoms with Crippen molar-refractivity contribution in [3.8, 4) is 0 Å². The second-order valence-corrected chi connectivity index (χ2v) is 2.98. The van der Waals surface area contributed by atoms with Gasteiger partial charge < -0.3 is 4.74 Å². The Hall–Kier alpha value is -1.34. The van der Waals surface area contributed by atoms with Crippen LogP contribution in [0.25, 0.3) is 0 Å². The summed E-state index contributed by atoms with van der Waals surface area (Å²) in [5.74, 6) is 0. The van der Waals surface area contributed by atoms with Crippen LogP contribution in [0.2, 0.25) is 0 Å². The molecule has 1 heteroatoms. The Balaban J connectivity index is 2.72. The Labute approximate surface area is 85.7 Å². The fourth-order valence-electron chi connectivity index (χ4n) is 1.24. The molecule has 1 unspecified atom stereocenters. The molecule has 1 atom stereocenters. The molecule has 0 aliphatic rings. The zero-order valence-corrected chi connectivity index (χ0v) is 8.68. The van der Waals surface area contributed by atoms with E-state index in [-0.39, 0.29) is 6.10 Å². The molecule has 1 nitrogen and oxygen atoms in total. The van der Waals surface area contributed by atoms with Gasteiger partial charge in [-0.15, -0.1) is 0 Å². The Bertz CT molecular complexity index is 298. The van der Waals surface area contributed by atoms with Gasteiger partial charge in [0, 0.05) is 7.11 Å². The van der Waals surface area contributed by atoms with Gasteiger partial charge in [-0.3, -0.25) is 0 Å². The minimum Gasteiger partial charge on any atom is -0.373 e. The van der Waals surface area contributed by atoms with Crippen molar-refractivity contribution in [3.63, 3.8) is 0 Å². The van der Waals surface area contributed by atoms with Crippen LogP contribution in [0.5, 0.6) is 0 Å². The van der Waals surface area contributed by atoms with Gasteiger partial charge >= 0.3 is 0 Å². The molecule has 0 heterocycles. The third kappa shape index (κ3) is 3.19. The van der Waals surface area contributed by atoms with Gasteiger partial charge in [0.1, 0.15) is 6.10 Å². The lowest BCUT2D eigenvalue weighted by atomic mass is 10.1. The largest absolute Gasteiger partial charge is 0.373 e. The molecule has 0 bridgehead atoms. The van der Waals surface area contributed by atoms with Crippen LogP contribution in [-0.4, -0.2) is 7.11 Å². The summed E-state index contributed by atoms with van der Waals surface area (Å²) in [5.41, 5.74) is 1.18. The predicted octanol–water partition coefficient (Wildman–Crippen LogP) is 3.51. The van der Waals surface area contributed by atoms with E-state index >= 15 is 0 Å². The predicted molar refractivity (Wildman–Crippen MR) is 60.1 cm³/mol. The second kappa shape index (κ2) is 6.17. The molecule has 1 aromatic rings. The van der Waals surface area contributed by atoms with Gasteiger partial charge in [-0.1, -0.05) is 54.6 Å². The molecule has 0 radical (unpaired) electrons. The summed E-state index contributed by atoms with van der Waals surface area (Å²) in [4.78, 5) is 0. The van der Waals surface area contributed by atoms with Gasteiger partial charge in [0.05, 0.1) is 0 Å². The lowest BCUT2D eigenvalue weighted by Gasteiger charge is -2.10. The first-order valence-corrected chi connectivity index (χ1v) is 4.75. The lowest BCUT2D eigenvalue weighted by molar-refractivity contribution is 0.143. The number of allylic oxidation sites excluding steroid dienone is 3. The third-order valence-electron chi connectivity index (χ3n) is 1.97. The molecular formula is C13H16O. The lowest BCUT2D eigenvalue weighted by Crippen LogP contribution is -1.96.